The first-order chi connectivity index (χ1) is 19.9. The Morgan fingerprint density at radius 2 is 1.79 bits per heavy atom. The van der Waals surface area contributed by atoms with E-state index in [4.69, 9.17) is 10.2 Å². The van der Waals surface area contributed by atoms with E-state index < -0.39 is 52.9 Å². The Morgan fingerprint density at radius 1 is 1.07 bits per heavy atom. The zero-order chi connectivity index (χ0) is 30.2. The normalized spacial score (nSPS) is 14.9. The van der Waals surface area contributed by atoms with Crippen molar-refractivity contribution < 1.29 is 27.2 Å². The minimum Gasteiger partial charge on any atom is -0.417 e. The first kappa shape index (κ1) is 28.6. The molecule has 218 valence electrons. The van der Waals surface area contributed by atoms with E-state index in [2.05, 4.69) is 25.5 Å². The van der Waals surface area contributed by atoms with Crippen molar-refractivity contribution in [2.75, 3.05) is 5.73 Å². The summed E-state index contributed by atoms with van der Waals surface area (Å²) in [4.78, 5) is 47.2. The number of amides is 1. The van der Waals surface area contributed by atoms with Crippen molar-refractivity contribution in [1.29, 1.82) is 0 Å². The summed E-state index contributed by atoms with van der Waals surface area (Å²) in [5, 5.41) is 10.5. The van der Waals surface area contributed by atoms with Gasteiger partial charge in [0.2, 0.25) is 17.6 Å². The van der Waals surface area contributed by atoms with Crippen molar-refractivity contribution in [2.24, 2.45) is 5.92 Å². The number of carbonyl (C=O) groups excluding carboxylic acids is 2. The number of anilines is 1. The minimum atomic E-state index is -4.52. The number of rotatable bonds is 9. The molecular weight excluding hydrogens is 555 g/mol. The fourth-order valence-electron chi connectivity index (χ4n) is 4.60. The Morgan fingerprint density at radius 3 is 2.38 bits per heavy atom. The zero-order valence-corrected chi connectivity index (χ0v) is 22.6. The second kappa shape index (κ2) is 10.8. The van der Waals surface area contributed by atoms with Crippen molar-refractivity contribution in [3.63, 3.8) is 0 Å². The summed E-state index contributed by atoms with van der Waals surface area (Å²) in [7, 11) is 0. The molecule has 1 unspecified atom stereocenters. The highest BCUT2D eigenvalue weighted by Crippen LogP contribution is 2.52. The topological polar surface area (TPSA) is 159 Å². The SMILES string of the molecule is CC(C)C(NC(=O)Cn1c(-c2ccccc2)cnc(N)c1=O)C(=O)c1nnc(C2(c3ccc(C(F)(F)F)cn3)CC2)o1. The lowest BCUT2D eigenvalue weighted by molar-refractivity contribution is -0.137. The van der Waals surface area contributed by atoms with Gasteiger partial charge >= 0.3 is 6.18 Å². The fourth-order valence-corrected chi connectivity index (χ4v) is 4.60. The largest absolute Gasteiger partial charge is 0.417 e. The minimum absolute atomic E-state index is 0.0539. The van der Waals surface area contributed by atoms with Crippen molar-refractivity contribution in [2.45, 2.75) is 50.9 Å². The van der Waals surface area contributed by atoms with E-state index in [9.17, 15) is 27.6 Å². The molecule has 0 bridgehead atoms. The first-order valence-corrected chi connectivity index (χ1v) is 13.0. The summed E-state index contributed by atoms with van der Waals surface area (Å²) in [6.45, 7) is 2.98. The molecule has 3 heterocycles. The summed E-state index contributed by atoms with van der Waals surface area (Å²) >= 11 is 0. The van der Waals surface area contributed by atoms with E-state index in [1.807, 2.05) is 0 Å². The number of ketones is 1. The molecule has 1 amide bonds. The van der Waals surface area contributed by atoms with Crippen LogP contribution in [0.4, 0.5) is 19.0 Å². The highest BCUT2D eigenvalue weighted by molar-refractivity contribution is 5.98. The highest BCUT2D eigenvalue weighted by Gasteiger charge is 2.52. The van der Waals surface area contributed by atoms with Gasteiger partial charge in [0.05, 0.1) is 34.6 Å². The number of nitrogens with two attached hydrogens (primary N) is 1. The summed E-state index contributed by atoms with van der Waals surface area (Å²) in [6, 6.07) is 9.95. The van der Waals surface area contributed by atoms with Gasteiger partial charge in [-0.1, -0.05) is 44.2 Å². The van der Waals surface area contributed by atoms with Crippen molar-refractivity contribution in [3.05, 3.63) is 88.3 Å². The number of nitrogens with zero attached hydrogens (tertiary/aromatic N) is 5. The lowest BCUT2D eigenvalue weighted by Gasteiger charge is -2.20. The van der Waals surface area contributed by atoms with Crippen LogP contribution >= 0.6 is 0 Å². The number of nitrogen functional groups attached to an aromatic ring is 1. The standard InChI is InChI=1S/C28H26F3N7O4/c1-15(2)21(35-20(39)14-38-18(13-34-23(32)25(38)41)16-6-4-3-5-7-16)22(40)24-36-37-26(42-24)27(10-11-27)19-9-8-17(12-33-19)28(29,30)31/h3-9,12-13,15,21H,10-11,14H2,1-2H3,(H2,32,34)(H,35,39). The second-order valence-corrected chi connectivity index (χ2v) is 10.4. The van der Waals surface area contributed by atoms with Crippen molar-refractivity contribution >= 4 is 17.5 Å². The number of carbonyl (C=O) groups is 2. The molecule has 1 saturated carbocycles. The van der Waals surface area contributed by atoms with Crippen LogP contribution in [0.3, 0.4) is 0 Å². The number of halogens is 3. The number of aromatic nitrogens is 5. The van der Waals surface area contributed by atoms with Gasteiger partial charge in [-0.2, -0.15) is 13.2 Å². The lowest BCUT2D eigenvalue weighted by Crippen LogP contribution is -2.46. The Bertz CT molecular complexity index is 1680. The predicted molar refractivity (Wildman–Crippen MR) is 143 cm³/mol. The van der Waals surface area contributed by atoms with Crippen LogP contribution in [0.1, 0.15) is 54.5 Å². The molecule has 4 aromatic rings. The maximum Gasteiger partial charge on any atom is 0.417 e. The van der Waals surface area contributed by atoms with E-state index in [1.54, 1.807) is 44.2 Å². The van der Waals surface area contributed by atoms with E-state index in [-0.39, 0.29) is 17.6 Å². The molecule has 1 aromatic carbocycles. The van der Waals surface area contributed by atoms with E-state index >= 15 is 0 Å². The smallest absolute Gasteiger partial charge is 0.417 e. The van der Waals surface area contributed by atoms with Crippen LogP contribution in [-0.2, 0) is 22.9 Å². The number of alkyl halides is 3. The first-order valence-electron chi connectivity index (χ1n) is 13.0. The summed E-state index contributed by atoms with van der Waals surface area (Å²) in [5.74, 6) is -2.29. The van der Waals surface area contributed by atoms with Gasteiger partial charge in [0.25, 0.3) is 11.4 Å². The highest BCUT2D eigenvalue weighted by atomic mass is 19.4. The van der Waals surface area contributed by atoms with Crippen LogP contribution in [-0.4, -0.2) is 42.5 Å². The summed E-state index contributed by atoms with van der Waals surface area (Å²) < 4.78 is 45.8. The van der Waals surface area contributed by atoms with Crippen LogP contribution < -0.4 is 16.6 Å². The Kier molecular flexibility index (Phi) is 7.39. The molecule has 5 rings (SSSR count). The van der Waals surface area contributed by atoms with Crippen LogP contribution in [0, 0.1) is 5.92 Å². The van der Waals surface area contributed by atoms with E-state index in [0.29, 0.717) is 29.8 Å². The van der Waals surface area contributed by atoms with E-state index in [0.717, 1.165) is 12.3 Å². The molecule has 1 fully saturated rings. The van der Waals surface area contributed by atoms with Gasteiger partial charge in [0.15, 0.2) is 5.82 Å². The molecule has 0 spiro atoms. The third-order valence-corrected chi connectivity index (χ3v) is 7.09. The molecular formula is C28H26F3N7O4. The molecule has 1 aliphatic rings. The van der Waals surface area contributed by atoms with Gasteiger partial charge in [-0.25, -0.2) is 4.98 Å². The molecule has 42 heavy (non-hydrogen) atoms. The summed E-state index contributed by atoms with van der Waals surface area (Å²) in [5.41, 5.74) is 4.61. The van der Waals surface area contributed by atoms with Gasteiger partial charge < -0.3 is 15.5 Å². The molecule has 3 N–H and O–H groups in total. The zero-order valence-electron chi connectivity index (χ0n) is 22.6. The Hall–Kier alpha value is -4.88. The maximum atomic E-state index is 13.4. The Balaban J connectivity index is 1.35. The van der Waals surface area contributed by atoms with Crippen LogP contribution in [0.2, 0.25) is 0 Å². The van der Waals surface area contributed by atoms with Gasteiger partial charge in [0, 0.05) is 6.20 Å². The quantitative estimate of drug-likeness (QED) is 0.283. The van der Waals surface area contributed by atoms with Gasteiger partial charge in [0.1, 0.15) is 6.54 Å². The summed E-state index contributed by atoms with van der Waals surface area (Å²) in [6.07, 6.45) is -1.39. The van der Waals surface area contributed by atoms with Crippen molar-refractivity contribution in [1.82, 2.24) is 30.0 Å². The second-order valence-electron chi connectivity index (χ2n) is 10.4. The molecule has 1 atom stereocenters. The van der Waals surface area contributed by atoms with Crippen LogP contribution in [0.15, 0.2) is 64.1 Å². The molecule has 14 heteroatoms. The third-order valence-electron chi connectivity index (χ3n) is 7.09. The number of benzene rings is 1. The van der Waals surface area contributed by atoms with Crippen LogP contribution in [0.25, 0.3) is 11.3 Å². The van der Waals surface area contributed by atoms with Gasteiger partial charge in [-0.15, -0.1) is 10.2 Å². The molecule has 3 aromatic heterocycles. The lowest BCUT2D eigenvalue weighted by atomic mass is 9.99. The fraction of sp³-hybridized carbons (Fsp3) is 0.321. The average molecular weight is 582 g/mol. The number of pyridine rings is 1. The molecule has 0 saturated heterocycles. The van der Waals surface area contributed by atoms with Crippen LogP contribution in [0.5, 0.6) is 0 Å². The molecule has 0 aliphatic heterocycles. The Labute approximate surface area is 237 Å². The van der Waals surface area contributed by atoms with Gasteiger partial charge in [-0.05, 0) is 36.5 Å². The predicted octanol–water partition coefficient (Wildman–Crippen LogP) is 3.39. The number of nitrogens with one attached hydrogen (secondary N) is 1. The average Bonchev–Trinajstić information content (AvgIpc) is 3.62. The molecule has 11 nitrogen and oxygen atoms in total. The number of Topliss-reactive ketones (excluding diaryl/α,β-unsaturated/α-hetero) is 1. The monoisotopic (exact) mass is 581 g/mol. The third kappa shape index (κ3) is 5.51. The number of hydrogen-bond donors (Lipinski definition) is 2. The number of hydrogen-bond acceptors (Lipinski definition) is 9. The van der Waals surface area contributed by atoms with Gasteiger partial charge in [-0.3, -0.25) is 23.9 Å². The van der Waals surface area contributed by atoms with E-state index in [1.165, 1.54) is 16.8 Å². The van der Waals surface area contributed by atoms with Crippen molar-refractivity contribution in [3.8, 4) is 11.3 Å². The molecule has 1 aliphatic carbocycles. The molecule has 0 radical (unpaired) electrons. The maximum absolute atomic E-state index is 13.4.